The van der Waals surface area contributed by atoms with E-state index in [-0.39, 0.29) is 11.9 Å². The Hall–Kier alpha value is -1.46. The number of piperidine rings is 1. The standard InChI is InChI=1S/C22H32N2O2S/c1-4-16(2)13-23-14-22(25)24-10-8-21-19(9-11-27-21)20(24)15-26-18-7-5-6-17(3)12-18/h5-7,9,11-12,16,19-21,23H,4,8,10,13-15H2,1-3H3. The Morgan fingerprint density at radius 3 is 3.07 bits per heavy atom. The summed E-state index contributed by atoms with van der Waals surface area (Å²) in [5.41, 5.74) is 1.19. The second-order valence-corrected chi connectivity index (χ2v) is 8.95. The summed E-state index contributed by atoms with van der Waals surface area (Å²) in [7, 11) is 0. The molecule has 4 unspecified atom stereocenters. The lowest BCUT2D eigenvalue weighted by Crippen LogP contribution is -2.55. The summed E-state index contributed by atoms with van der Waals surface area (Å²) < 4.78 is 6.12. The summed E-state index contributed by atoms with van der Waals surface area (Å²) >= 11 is 1.90. The van der Waals surface area contributed by atoms with E-state index >= 15 is 0 Å². The van der Waals surface area contributed by atoms with E-state index in [9.17, 15) is 4.79 Å². The van der Waals surface area contributed by atoms with Gasteiger partial charge in [-0.25, -0.2) is 0 Å². The van der Waals surface area contributed by atoms with Crippen LogP contribution in [-0.4, -0.2) is 48.3 Å². The number of ether oxygens (including phenoxy) is 1. The van der Waals surface area contributed by atoms with E-state index in [4.69, 9.17) is 4.74 Å². The molecule has 5 heteroatoms. The van der Waals surface area contributed by atoms with Gasteiger partial charge in [-0.3, -0.25) is 4.79 Å². The van der Waals surface area contributed by atoms with Crippen LogP contribution in [0.3, 0.4) is 0 Å². The highest BCUT2D eigenvalue weighted by molar-refractivity contribution is 8.03. The molecule has 3 rings (SSSR count). The van der Waals surface area contributed by atoms with Crippen molar-refractivity contribution >= 4 is 17.7 Å². The van der Waals surface area contributed by atoms with Gasteiger partial charge in [0.2, 0.25) is 5.91 Å². The Balaban J connectivity index is 1.63. The third kappa shape index (κ3) is 5.29. The number of rotatable bonds is 8. The van der Waals surface area contributed by atoms with Crippen molar-refractivity contribution in [3.8, 4) is 5.75 Å². The molecule has 0 aliphatic carbocycles. The van der Waals surface area contributed by atoms with Gasteiger partial charge in [-0.2, -0.15) is 0 Å². The SMILES string of the molecule is CCC(C)CNCC(=O)N1CCC2SC=CC2C1COc1cccc(C)c1. The van der Waals surface area contributed by atoms with Crippen LogP contribution in [-0.2, 0) is 4.79 Å². The summed E-state index contributed by atoms with van der Waals surface area (Å²) in [4.78, 5) is 15.0. The summed E-state index contributed by atoms with van der Waals surface area (Å²) in [5, 5.41) is 6.12. The number of benzene rings is 1. The van der Waals surface area contributed by atoms with Gasteiger partial charge in [0.15, 0.2) is 0 Å². The number of amides is 1. The van der Waals surface area contributed by atoms with Crippen LogP contribution in [0.2, 0.25) is 0 Å². The molecule has 4 nitrogen and oxygen atoms in total. The van der Waals surface area contributed by atoms with Crippen LogP contribution in [0.4, 0.5) is 0 Å². The molecule has 1 amide bonds. The molecule has 2 aliphatic heterocycles. The molecule has 27 heavy (non-hydrogen) atoms. The highest BCUT2D eigenvalue weighted by Gasteiger charge is 2.41. The molecule has 4 atom stereocenters. The fourth-order valence-electron chi connectivity index (χ4n) is 3.80. The molecule has 1 N–H and O–H groups in total. The van der Waals surface area contributed by atoms with Crippen molar-refractivity contribution in [1.29, 1.82) is 0 Å². The number of nitrogens with one attached hydrogen (secondary N) is 1. The Kier molecular flexibility index (Phi) is 7.25. The Bertz CT molecular complexity index is 663. The molecule has 0 radical (unpaired) electrons. The summed E-state index contributed by atoms with van der Waals surface area (Å²) in [6, 6.07) is 8.24. The first-order valence-corrected chi connectivity index (χ1v) is 11.0. The normalized spacial score (nSPS) is 25.3. The lowest BCUT2D eigenvalue weighted by Gasteiger charge is -2.42. The average Bonchev–Trinajstić information content (AvgIpc) is 3.14. The predicted octanol–water partition coefficient (Wildman–Crippen LogP) is 3.86. The van der Waals surface area contributed by atoms with Crippen LogP contribution in [0.15, 0.2) is 35.7 Å². The van der Waals surface area contributed by atoms with Gasteiger partial charge >= 0.3 is 0 Å². The maximum Gasteiger partial charge on any atom is 0.236 e. The first kappa shape index (κ1) is 20.3. The number of fused-ring (bicyclic) bond motifs is 1. The smallest absolute Gasteiger partial charge is 0.236 e. The highest BCUT2D eigenvalue weighted by atomic mass is 32.2. The van der Waals surface area contributed by atoms with Gasteiger partial charge in [0.1, 0.15) is 12.4 Å². The minimum absolute atomic E-state index is 0.105. The topological polar surface area (TPSA) is 41.6 Å². The molecule has 0 aromatic heterocycles. The maximum atomic E-state index is 12.9. The molecular weight excluding hydrogens is 356 g/mol. The molecule has 1 fully saturated rings. The first-order valence-electron chi connectivity index (χ1n) is 10.1. The third-order valence-electron chi connectivity index (χ3n) is 5.68. The lowest BCUT2D eigenvalue weighted by atomic mass is 9.89. The quantitative estimate of drug-likeness (QED) is 0.734. The lowest BCUT2D eigenvalue weighted by molar-refractivity contribution is -0.135. The zero-order valence-corrected chi connectivity index (χ0v) is 17.5. The molecule has 2 heterocycles. The van der Waals surface area contributed by atoms with E-state index in [0.29, 0.717) is 30.2 Å². The highest BCUT2D eigenvalue weighted by Crippen LogP contribution is 2.39. The fraction of sp³-hybridized carbons (Fsp3) is 0.591. The average molecular weight is 389 g/mol. The first-order chi connectivity index (χ1) is 13.1. The molecule has 1 saturated heterocycles. The number of thioether (sulfide) groups is 1. The Labute approximate surface area is 167 Å². The van der Waals surface area contributed by atoms with Crippen molar-refractivity contribution in [2.75, 3.05) is 26.2 Å². The van der Waals surface area contributed by atoms with Crippen LogP contribution in [0, 0.1) is 18.8 Å². The van der Waals surface area contributed by atoms with Crippen molar-refractivity contribution in [2.24, 2.45) is 11.8 Å². The van der Waals surface area contributed by atoms with Crippen LogP contribution in [0.1, 0.15) is 32.3 Å². The zero-order chi connectivity index (χ0) is 19.2. The van der Waals surface area contributed by atoms with Crippen molar-refractivity contribution < 1.29 is 9.53 Å². The molecule has 2 aliphatic rings. The van der Waals surface area contributed by atoms with Gasteiger partial charge in [0.25, 0.3) is 0 Å². The molecule has 1 aromatic carbocycles. The summed E-state index contributed by atoms with van der Waals surface area (Å²) in [6.07, 6.45) is 4.45. The van der Waals surface area contributed by atoms with Crippen molar-refractivity contribution in [3.05, 3.63) is 41.3 Å². The van der Waals surface area contributed by atoms with E-state index < -0.39 is 0 Å². The minimum atomic E-state index is 0.105. The number of carbonyl (C=O) groups excluding carboxylic acids is 1. The van der Waals surface area contributed by atoms with Gasteiger partial charge in [0, 0.05) is 17.7 Å². The number of aryl methyl sites for hydroxylation is 1. The number of nitrogens with zero attached hydrogens (tertiary/aromatic N) is 1. The molecule has 148 valence electrons. The molecule has 0 saturated carbocycles. The largest absolute Gasteiger partial charge is 0.491 e. The van der Waals surface area contributed by atoms with Gasteiger partial charge in [-0.1, -0.05) is 38.5 Å². The number of hydrogen-bond acceptors (Lipinski definition) is 4. The van der Waals surface area contributed by atoms with Crippen LogP contribution in [0.5, 0.6) is 5.75 Å². The van der Waals surface area contributed by atoms with Crippen molar-refractivity contribution in [1.82, 2.24) is 10.2 Å². The van der Waals surface area contributed by atoms with Crippen molar-refractivity contribution in [3.63, 3.8) is 0 Å². The van der Waals surface area contributed by atoms with Crippen LogP contribution in [0.25, 0.3) is 0 Å². The Morgan fingerprint density at radius 1 is 1.44 bits per heavy atom. The second kappa shape index (κ2) is 9.65. The molecule has 0 spiro atoms. The van der Waals surface area contributed by atoms with Gasteiger partial charge in [-0.05, 0) is 48.9 Å². The summed E-state index contributed by atoms with van der Waals surface area (Å²) in [6.45, 7) is 9.14. The van der Waals surface area contributed by atoms with E-state index in [2.05, 4.69) is 54.6 Å². The Morgan fingerprint density at radius 2 is 2.30 bits per heavy atom. The third-order valence-corrected chi connectivity index (χ3v) is 6.89. The van der Waals surface area contributed by atoms with Gasteiger partial charge in [-0.15, -0.1) is 11.8 Å². The monoisotopic (exact) mass is 388 g/mol. The molecular formula is C22H32N2O2S. The maximum absolute atomic E-state index is 12.9. The van der Waals surface area contributed by atoms with Gasteiger partial charge < -0.3 is 15.0 Å². The molecule has 1 aromatic rings. The number of likely N-dealkylation sites (tertiary alicyclic amines) is 1. The van der Waals surface area contributed by atoms with Crippen molar-refractivity contribution in [2.45, 2.75) is 44.9 Å². The molecule has 0 bridgehead atoms. The minimum Gasteiger partial charge on any atom is -0.491 e. The van der Waals surface area contributed by atoms with E-state index in [1.165, 1.54) is 5.56 Å². The van der Waals surface area contributed by atoms with E-state index in [1.54, 1.807) is 0 Å². The predicted molar refractivity (Wildman–Crippen MR) is 113 cm³/mol. The summed E-state index contributed by atoms with van der Waals surface area (Å²) in [5.74, 6) is 2.05. The fourth-order valence-corrected chi connectivity index (χ4v) is 4.97. The van der Waals surface area contributed by atoms with Gasteiger partial charge in [0.05, 0.1) is 12.6 Å². The second-order valence-electron chi connectivity index (χ2n) is 7.80. The zero-order valence-electron chi connectivity index (χ0n) is 16.7. The van der Waals surface area contributed by atoms with Crippen LogP contribution >= 0.6 is 11.8 Å². The number of hydrogen-bond donors (Lipinski definition) is 1. The van der Waals surface area contributed by atoms with Crippen LogP contribution < -0.4 is 10.1 Å². The van der Waals surface area contributed by atoms with E-state index in [0.717, 1.165) is 31.7 Å². The van der Waals surface area contributed by atoms with E-state index in [1.807, 2.05) is 23.9 Å². The number of carbonyl (C=O) groups is 1.